The van der Waals surface area contributed by atoms with Crippen molar-refractivity contribution in [3.05, 3.63) is 0 Å². The Morgan fingerprint density at radius 2 is 1.04 bits per heavy atom. The number of hydrogen-bond acceptors (Lipinski definition) is 8. The normalized spacial score (nSPS) is 11.6. The van der Waals surface area contributed by atoms with Crippen molar-refractivity contribution in [2.45, 2.75) is 76.0 Å². The molecule has 0 bridgehead atoms. The van der Waals surface area contributed by atoms with Crippen molar-refractivity contribution in [3.8, 4) is 0 Å². The predicted molar refractivity (Wildman–Crippen MR) is 94.6 cm³/mol. The van der Waals surface area contributed by atoms with Crippen LogP contribution in [0.25, 0.3) is 0 Å². The summed E-state index contributed by atoms with van der Waals surface area (Å²) >= 11 is -3.97. The maximum absolute atomic E-state index is 12.4. The molecule has 0 rings (SSSR count). The van der Waals surface area contributed by atoms with Gasteiger partial charge in [-0.25, -0.2) is 0 Å². The standard InChI is InChI=1S/2C6H9O3.2C3H7O.Ti/c2*1-3-9-6(8)4-5(2)7;2*1-3(2)4;/h2*2-4H2,1H3;2*3H,1-2H3;/q;;2*-1;+2. The van der Waals surface area contributed by atoms with E-state index in [1.807, 2.05) is 0 Å². The molecule has 0 unspecified atom stereocenters. The van der Waals surface area contributed by atoms with E-state index in [-0.39, 0.29) is 34.9 Å². The van der Waals surface area contributed by atoms with Crippen LogP contribution in [0.2, 0.25) is 9.45 Å². The summed E-state index contributed by atoms with van der Waals surface area (Å²) in [4.78, 5) is 48.0. The van der Waals surface area contributed by atoms with Crippen molar-refractivity contribution in [1.82, 2.24) is 0 Å². The molecular weight excluding hydrogens is 392 g/mol. The van der Waals surface area contributed by atoms with E-state index in [0.29, 0.717) is 0 Å². The Morgan fingerprint density at radius 1 is 0.704 bits per heavy atom. The molecule has 0 saturated heterocycles. The Hall–Kier alpha value is -1.09. The van der Waals surface area contributed by atoms with Crippen molar-refractivity contribution in [1.29, 1.82) is 0 Å². The number of carbonyl (C=O) groups excluding carboxylic acids is 4. The van der Waals surface area contributed by atoms with Crippen LogP contribution in [0.15, 0.2) is 0 Å². The van der Waals surface area contributed by atoms with Crippen molar-refractivity contribution in [2.75, 3.05) is 13.2 Å². The van der Waals surface area contributed by atoms with Crippen molar-refractivity contribution in [3.63, 3.8) is 0 Å². The van der Waals surface area contributed by atoms with Gasteiger partial charge < -0.3 is 0 Å². The van der Waals surface area contributed by atoms with E-state index < -0.39 is 53.7 Å². The molecule has 0 fully saturated rings. The van der Waals surface area contributed by atoms with Crippen LogP contribution in [-0.4, -0.2) is 48.9 Å². The van der Waals surface area contributed by atoms with E-state index in [0.717, 1.165) is 0 Å². The molecule has 0 aromatic carbocycles. The van der Waals surface area contributed by atoms with Crippen molar-refractivity contribution in [2.24, 2.45) is 0 Å². The van der Waals surface area contributed by atoms with Gasteiger partial charge in [0.1, 0.15) is 0 Å². The number of ether oxygens (including phenoxy) is 2. The van der Waals surface area contributed by atoms with Crippen molar-refractivity contribution < 1.29 is 52.7 Å². The summed E-state index contributed by atoms with van der Waals surface area (Å²) in [6.45, 7) is 10.8. The third-order valence-electron chi connectivity index (χ3n) is 3.13. The van der Waals surface area contributed by atoms with Gasteiger partial charge in [0.2, 0.25) is 0 Å². The molecule has 0 saturated carbocycles. The number of ketones is 2. The molecule has 8 nitrogen and oxygen atoms in total. The number of hydrogen-bond donors (Lipinski definition) is 0. The molecule has 0 atom stereocenters. The molecule has 0 aliphatic rings. The first-order valence-corrected chi connectivity index (χ1v) is 12.7. The van der Waals surface area contributed by atoms with Gasteiger partial charge in [0.05, 0.1) is 0 Å². The van der Waals surface area contributed by atoms with Gasteiger partial charge >= 0.3 is 165 Å². The Balaban J connectivity index is 5.37. The maximum atomic E-state index is 12.4. The average molecular weight is 424 g/mol. The topological polar surface area (TPSA) is 105 Å². The molecule has 0 N–H and O–H groups in total. The van der Waals surface area contributed by atoms with Crippen LogP contribution >= 0.6 is 0 Å². The van der Waals surface area contributed by atoms with E-state index in [1.54, 1.807) is 41.5 Å². The zero-order chi connectivity index (χ0) is 21.0. The monoisotopic (exact) mass is 424 g/mol. The summed E-state index contributed by atoms with van der Waals surface area (Å²) in [5.41, 5.74) is 0. The average Bonchev–Trinajstić information content (AvgIpc) is 2.44. The second kappa shape index (κ2) is 13.2. The zero-order valence-electron chi connectivity index (χ0n) is 17.2. The first kappa shape index (κ1) is 25.9. The summed E-state index contributed by atoms with van der Waals surface area (Å²) in [5.74, 6) is -2.02. The Morgan fingerprint density at radius 3 is 1.30 bits per heavy atom. The summed E-state index contributed by atoms with van der Waals surface area (Å²) in [5, 5.41) is 0. The van der Waals surface area contributed by atoms with Gasteiger partial charge in [-0.1, -0.05) is 0 Å². The van der Waals surface area contributed by atoms with Gasteiger partial charge in [-0.2, -0.15) is 0 Å². The number of Topliss-reactive ketones (excluding diaryl/α,β-unsaturated/α-hetero) is 2. The Kier molecular flexibility index (Phi) is 12.6. The second-order valence-corrected chi connectivity index (χ2v) is 11.3. The molecule has 0 aliphatic carbocycles. The van der Waals surface area contributed by atoms with Gasteiger partial charge in [-0.3, -0.25) is 0 Å². The summed E-state index contributed by atoms with van der Waals surface area (Å²) < 4.78 is 21.3. The first-order valence-electron chi connectivity index (χ1n) is 9.23. The minimum absolute atomic E-state index is 0.121. The van der Waals surface area contributed by atoms with E-state index in [4.69, 9.17) is 16.1 Å². The molecular formula is C18H32O8Ti. The molecule has 0 spiro atoms. The van der Waals surface area contributed by atoms with Gasteiger partial charge in [-0.15, -0.1) is 0 Å². The fraction of sp³-hybridized carbons (Fsp3) is 0.778. The van der Waals surface area contributed by atoms with Gasteiger partial charge in [0, 0.05) is 0 Å². The molecule has 156 valence electrons. The fourth-order valence-corrected chi connectivity index (χ4v) is 8.34. The molecule has 0 aromatic rings. The second-order valence-electron chi connectivity index (χ2n) is 6.64. The van der Waals surface area contributed by atoms with Crippen LogP contribution in [0.5, 0.6) is 0 Å². The molecule has 0 amide bonds. The quantitative estimate of drug-likeness (QED) is 0.238. The summed E-state index contributed by atoms with van der Waals surface area (Å²) in [6, 6.07) is 0. The minimum atomic E-state index is -3.97. The van der Waals surface area contributed by atoms with Crippen LogP contribution < -0.4 is 0 Å². The van der Waals surface area contributed by atoms with Gasteiger partial charge in [-0.05, 0) is 0 Å². The van der Waals surface area contributed by atoms with E-state index in [9.17, 15) is 19.2 Å². The molecule has 0 heterocycles. The molecule has 0 aliphatic heterocycles. The third kappa shape index (κ3) is 12.1. The van der Waals surface area contributed by atoms with E-state index >= 15 is 0 Å². The van der Waals surface area contributed by atoms with Gasteiger partial charge in [0.15, 0.2) is 0 Å². The van der Waals surface area contributed by atoms with Crippen LogP contribution in [-0.2, 0) is 52.7 Å². The molecule has 27 heavy (non-hydrogen) atoms. The molecule has 0 radical (unpaired) electrons. The van der Waals surface area contributed by atoms with Crippen LogP contribution in [0.1, 0.15) is 54.4 Å². The number of rotatable bonds is 14. The zero-order valence-corrected chi connectivity index (χ0v) is 18.7. The Labute approximate surface area is 165 Å². The molecule has 9 heteroatoms. The number of esters is 2. The Bertz CT molecular complexity index is 469. The van der Waals surface area contributed by atoms with Crippen LogP contribution in [0.4, 0.5) is 0 Å². The molecule has 0 aromatic heterocycles. The van der Waals surface area contributed by atoms with E-state index in [1.165, 1.54) is 0 Å². The summed E-state index contributed by atoms with van der Waals surface area (Å²) in [7, 11) is 0. The number of carbonyl (C=O) groups is 4. The first-order chi connectivity index (χ1) is 12.5. The third-order valence-corrected chi connectivity index (χ3v) is 8.86. The van der Waals surface area contributed by atoms with Gasteiger partial charge in [0.25, 0.3) is 0 Å². The van der Waals surface area contributed by atoms with Crippen LogP contribution in [0.3, 0.4) is 0 Å². The fourth-order valence-electron chi connectivity index (χ4n) is 2.59. The predicted octanol–water partition coefficient (Wildman–Crippen LogP) is 2.70. The summed E-state index contributed by atoms with van der Waals surface area (Å²) in [6.07, 6.45) is -1.32. The van der Waals surface area contributed by atoms with Crippen molar-refractivity contribution >= 4 is 23.5 Å². The van der Waals surface area contributed by atoms with E-state index in [2.05, 4.69) is 0 Å². The SMILES string of the molecule is CCOC(=O)CC(=O)[CH2][Ti]([CH2]C(=O)CC(=O)OCC)([O]C(C)C)[O]C(C)C. The van der Waals surface area contributed by atoms with Crippen LogP contribution in [0, 0.1) is 0 Å².